The number of aromatic nitrogens is 10. The van der Waals surface area contributed by atoms with Crippen LogP contribution in [0.2, 0.25) is 0 Å². The van der Waals surface area contributed by atoms with Gasteiger partial charge < -0.3 is 108 Å². The molecule has 54 nitrogen and oxygen atoms in total. The average molecular weight is 2090 g/mol. The van der Waals surface area contributed by atoms with Gasteiger partial charge in [-0.15, -0.1) is 0 Å². The normalized spacial score (nSPS) is 29.1. The number of aromatic amines is 5. The van der Waals surface area contributed by atoms with E-state index in [0.717, 1.165) is 76.7 Å². The number of benzene rings is 3. The van der Waals surface area contributed by atoms with Crippen molar-refractivity contribution in [1.82, 2.24) is 63.0 Å². The molecule has 26 atom stereocenters. The van der Waals surface area contributed by atoms with Gasteiger partial charge in [0.05, 0.1) is 59.5 Å². The van der Waals surface area contributed by atoms with E-state index in [2.05, 4.69) is 15.3 Å². The molecule has 19 N–H and O–H groups in total. The van der Waals surface area contributed by atoms with Crippen molar-refractivity contribution in [1.29, 1.82) is 0 Å². The minimum Gasteiger partial charge on any atom is -0.462 e. The summed E-state index contributed by atoms with van der Waals surface area (Å²) in [5.74, 6) is -1.93. The summed E-state index contributed by atoms with van der Waals surface area (Å²) in [5, 5.41) is 119. The van der Waals surface area contributed by atoms with E-state index < -0.39 is 300 Å². The summed E-state index contributed by atoms with van der Waals surface area (Å²) in [5.41, 5.74) is -16.8. The zero-order chi connectivity index (χ0) is 111. The first-order valence-electron chi connectivity index (χ1n) is 46.2. The number of ether oxygens (including phenoxy) is 8. The number of aliphatic hydroxyl groups excluding tert-OH is 6. The van der Waals surface area contributed by atoms with Crippen LogP contribution < -0.4 is 85.1 Å². The molecule has 13 rings (SSSR count). The van der Waals surface area contributed by atoms with E-state index in [1.807, 2.05) is 24.9 Å². The first-order valence-corrected chi connectivity index (χ1v) is 47.9. The highest BCUT2D eigenvalue weighted by Gasteiger charge is 2.58. The first-order chi connectivity index (χ1) is 69.1. The van der Waals surface area contributed by atoms with Crippen molar-refractivity contribution in [2.45, 2.75) is 247 Å². The average Bonchev–Trinajstić information content (AvgIpc) is 1.60. The lowest BCUT2D eigenvalue weighted by Gasteiger charge is -2.27. The second kappa shape index (κ2) is 49.0. The van der Waals surface area contributed by atoms with Gasteiger partial charge in [0.1, 0.15) is 119 Å². The van der Waals surface area contributed by atoms with Gasteiger partial charge in [-0.05, 0) is 126 Å². The van der Waals surface area contributed by atoms with Gasteiger partial charge in [-0.2, -0.15) is 15.3 Å². The number of aliphatic hydroxyl groups is 11. The van der Waals surface area contributed by atoms with Crippen molar-refractivity contribution >= 4 is 41.1 Å². The second-order valence-electron chi connectivity index (χ2n) is 33.8. The molecule has 10 heterocycles. The molecule has 0 amide bonds. The Hall–Kier alpha value is -11.4. The monoisotopic (exact) mass is 2090 g/mol. The molecule has 5 aliphatic heterocycles. The third-order valence-electron chi connectivity index (χ3n) is 21.0. The molecule has 58 heteroatoms. The van der Waals surface area contributed by atoms with Crippen LogP contribution in [0.25, 0.3) is 0 Å². The van der Waals surface area contributed by atoms with Gasteiger partial charge in [0.25, 0.3) is 27.8 Å². The van der Waals surface area contributed by atoms with Crippen molar-refractivity contribution in [2.75, 3.05) is 32.9 Å². The molecule has 0 saturated carbocycles. The molecule has 8 aromatic rings. The molecule has 3 aromatic carbocycles. The SMILES string of the molecule is CC(C)OC(=O)[C@H](C)N[P@](=O)(OCC1OC(n2ccc(=O)[nH]c2=O)[C@H](F)[C@@H]1O)Oc1ccccc1.CC(C)OC(=O)[C@H](C)N[P@](=O)(OCC1OC(n2ccc(=O)[nH]c2=O)[C@](C)(O)[C@@H]1O)Oc1ccccc1.C[C@]1(O)C(n2ccc(=O)[nH]c2=O)OC(CO)[C@H]1O.[2H]c1cn(C2OC(C([2H])([2H])O)[C@@H](O)[C@@]2(C)O)c(=O)[nH]c1=O.[2H]c1cn(C2OC(C([2H])([2H])O[P@@](=O)(N[C@@H](C)C(=O)OC(C)C)Oc3ccccc3)[C@@H](O)[C@@]2(C)O)c(=O)[nH]c1=O. The van der Waals surface area contributed by atoms with E-state index in [-0.39, 0.29) is 17.2 Å². The van der Waals surface area contributed by atoms with Crippen molar-refractivity contribution < 1.29 is 162 Å². The van der Waals surface area contributed by atoms with Gasteiger partial charge in [0.2, 0.25) is 0 Å². The number of para-hydroxylation sites is 3. The Balaban J connectivity index is 0.000000212. The Bertz CT molecular complexity index is 6760. The van der Waals surface area contributed by atoms with E-state index in [0.29, 0.717) is 9.13 Å². The summed E-state index contributed by atoms with van der Waals surface area (Å²) in [6.45, 7) is 10.7. The summed E-state index contributed by atoms with van der Waals surface area (Å²) in [6, 6.07) is 21.9. The van der Waals surface area contributed by atoms with Crippen LogP contribution in [0, 0.1) is 0 Å². The third kappa shape index (κ3) is 29.7. The van der Waals surface area contributed by atoms with Gasteiger partial charge in [-0.3, -0.25) is 99.7 Å². The topological polar surface area (TPSA) is 765 Å². The third-order valence-corrected chi connectivity index (χ3v) is 25.8. The first kappa shape index (κ1) is 106. The lowest BCUT2D eigenvalue weighted by atomic mass is 9.96. The van der Waals surface area contributed by atoms with Gasteiger partial charge in [-0.25, -0.2) is 42.1 Å². The Labute approximate surface area is 816 Å². The molecule has 143 heavy (non-hydrogen) atoms. The van der Waals surface area contributed by atoms with Crippen molar-refractivity contribution in [3.63, 3.8) is 0 Å². The standard InChI is InChI=1S/2C22H30N3O10P.C21H27FN3O9P.2C10H14N2O6/c2*1-13(2)33-19(28)14(3)24-36(31,35-15-8-6-5-7-9-15)32-12-16-18(27)22(4,30)20(34-16)25-11-10-17(26)23-21(25)29;1-12(2)32-20(28)13(3)24-35(30,34-14-7-5-4-6-8-14)31-11-15-18(27)17(22)19(33-15)25-10-9-16(26)23-21(25)29;2*1-10(17)7(15)5(4-13)18-8(10)12-3-2-6(14)11-9(12)16/h2*5-11,13-14,16,18,20,27,30H,12H2,1-4H3,(H,24,31)(H,23,26,29);4-10,12-13,15,17-19,27H,11H2,1-3H3,(H,24,30)(H,23,26,29);2*2-3,5,7-8,13,15,17H,4H2,1H3,(H,11,14,16)/t2*14-,16?,18+,20?,22+,36-;13-,15?,17+,18+,19?,35-;2*5?,7-,8?,10-/m00011/s1/i10D,12D2;;;2D,4D2;. The number of carbonyl (C=O) groups is 3. The Kier molecular flexibility index (Phi) is 36.3. The van der Waals surface area contributed by atoms with Crippen LogP contribution in [0.5, 0.6) is 17.2 Å². The quantitative estimate of drug-likeness (QED) is 0.0115. The van der Waals surface area contributed by atoms with E-state index in [9.17, 15) is 131 Å². The Morgan fingerprint density at radius 3 is 1.01 bits per heavy atom. The zero-order valence-electron chi connectivity index (χ0n) is 84.2. The van der Waals surface area contributed by atoms with E-state index in [1.165, 1.54) is 71.0 Å². The molecule has 788 valence electrons. The van der Waals surface area contributed by atoms with Crippen molar-refractivity contribution in [3.8, 4) is 17.2 Å². The number of hydrogen-bond donors (Lipinski definition) is 19. The number of esters is 3. The van der Waals surface area contributed by atoms with Crippen molar-refractivity contribution in [2.24, 2.45) is 0 Å². The molecule has 10 unspecified atom stereocenters. The molecule has 5 saturated heterocycles. The van der Waals surface area contributed by atoms with E-state index >= 15 is 0 Å². The number of alkyl halides is 1. The van der Waals surface area contributed by atoms with Gasteiger partial charge in [0.15, 0.2) is 37.3 Å². The largest absolute Gasteiger partial charge is 0.462 e. The smallest absolute Gasteiger partial charge is 0.459 e. The van der Waals surface area contributed by atoms with Gasteiger partial charge in [0, 0.05) is 61.3 Å². The van der Waals surface area contributed by atoms with Crippen LogP contribution in [0.1, 0.15) is 129 Å². The second-order valence-corrected chi connectivity index (χ2v) is 38.8. The van der Waals surface area contributed by atoms with E-state index in [1.54, 1.807) is 96.1 Å². The lowest BCUT2D eigenvalue weighted by Crippen LogP contribution is -2.47. The highest BCUT2D eigenvalue weighted by Crippen LogP contribution is 2.51. The summed E-state index contributed by atoms with van der Waals surface area (Å²) in [6.07, 6.45) is -22.2. The van der Waals surface area contributed by atoms with Crippen molar-refractivity contribution in [3.05, 3.63) is 256 Å². The van der Waals surface area contributed by atoms with Crippen LogP contribution in [-0.2, 0) is 79.5 Å². The highest BCUT2D eigenvalue weighted by molar-refractivity contribution is 7.52. The van der Waals surface area contributed by atoms with Crippen LogP contribution in [0.3, 0.4) is 0 Å². The van der Waals surface area contributed by atoms with Gasteiger partial charge in [-0.1, -0.05) is 54.6 Å². The number of halogens is 1. The van der Waals surface area contributed by atoms with E-state index in [4.69, 9.17) is 78.4 Å². The van der Waals surface area contributed by atoms with Crippen LogP contribution in [0.15, 0.2) is 200 Å². The molecular weight excluding hydrogens is 1970 g/mol. The van der Waals surface area contributed by atoms with Crippen LogP contribution in [-0.4, -0.2) is 281 Å². The fraction of sp³-hybridized carbons (Fsp3) is 0.518. The molecule has 5 fully saturated rings. The number of nitrogens with one attached hydrogen (secondary N) is 8. The van der Waals surface area contributed by atoms with Crippen LogP contribution >= 0.6 is 23.2 Å². The predicted octanol–water partition coefficient (Wildman–Crippen LogP) is -2.30. The summed E-state index contributed by atoms with van der Waals surface area (Å²) >= 11 is 0. The minimum absolute atomic E-state index is 0.0194. The number of nitrogens with zero attached hydrogens (tertiary/aromatic N) is 5. The molecule has 0 bridgehead atoms. The number of hydrogen-bond acceptors (Lipinski definition) is 41. The Morgan fingerprint density at radius 1 is 0.406 bits per heavy atom. The molecular formula is C85H115FN13O41P3. The maximum Gasteiger partial charge on any atom is 0.459 e. The molecule has 0 spiro atoms. The molecule has 5 aromatic heterocycles. The maximum absolute atomic E-state index is 14.7. The van der Waals surface area contributed by atoms with Crippen LogP contribution in [0.4, 0.5) is 4.39 Å². The number of H-pyrrole nitrogens is 5. The highest BCUT2D eigenvalue weighted by atomic mass is 31.2. The number of carbonyl (C=O) groups excluding carboxylic acids is 3. The predicted molar refractivity (Wildman–Crippen MR) is 491 cm³/mol. The summed E-state index contributed by atoms with van der Waals surface area (Å²) in [4.78, 5) is 163. The lowest BCUT2D eigenvalue weighted by molar-refractivity contribution is -0.150. The molecule has 0 radical (unpaired) electrons. The molecule has 0 aliphatic carbocycles. The Morgan fingerprint density at radius 2 is 0.685 bits per heavy atom. The summed E-state index contributed by atoms with van der Waals surface area (Å²) in [7, 11) is -13.3. The van der Waals surface area contributed by atoms with Gasteiger partial charge >= 0.3 is 69.6 Å². The fourth-order valence-electron chi connectivity index (χ4n) is 13.7. The maximum atomic E-state index is 14.7. The zero-order valence-corrected chi connectivity index (χ0v) is 80.9. The molecule has 5 aliphatic rings. The minimum atomic E-state index is -4.80. The fourth-order valence-corrected chi connectivity index (χ4v) is 18.1. The number of rotatable bonds is 34. The summed E-state index contributed by atoms with van der Waals surface area (Å²) < 4.78 is 180.